The Hall–Kier alpha value is -2.95. The number of esters is 1. The average Bonchev–Trinajstić information content (AvgIpc) is 2.66. The van der Waals surface area contributed by atoms with Crippen LogP contribution in [0.2, 0.25) is 0 Å². The van der Waals surface area contributed by atoms with Crippen LogP contribution in [0.15, 0.2) is 54.6 Å². The Balaban J connectivity index is 1.71. The highest BCUT2D eigenvalue weighted by Crippen LogP contribution is 2.14. The molecule has 0 saturated carbocycles. The first-order valence-corrected chi connectivity index (χ1v) is 8.01. The van der Waals surface area contributed by atoms with Crippen LogP contribution in [-0.4, -0.2) is 24.6 Å². The third kappa shape index (κ3) is 5.88. The molecule has 0 aliphatic carbocycles. The van der Waals surface area contributed by atoms with Gasteiger partial charge in [0.25, 0.3) is 0 Å². The predicted molar refractivity (Wildman–Crippen MR) is 92.4 cm³/mol. The number of hydrogen-bond donors (Lipinski definition) is 0. The minimum absolute atomic E-state index is 0.00445. The van der Waals surface area contributed by atoms with Crippen LogP contribution >= 0.6 is 0 Å². The molecule has 130 valence electrons. The van der Waals surface area contributed by atoms with Gasteiger partial charge in [0, 0.05) is 18.4 Å². The Bertz CT molecular complexity index is 720. The Morgan fingerprint density at radius 1 is 0.880 bits per heavy atom. The normalized spacial score (nSPS) is 10.1. The summed E-state index contributed by atoms with van der Waals surface area (Å²) in [6.45, 7) is 0.0657. The Morgan fingerprint density at radius 2 is 1.56 bits per heavy atom. The maximum atomic E-state index is 12.0. The maximum absolute atomic E-state index is 12.0. The van der Waals surface area contributed by atoms with Crippen molar-refractivity contribution in [2.24, 2.45) is 0 Å². The fraction of sp³-hybridized carbons (Fsp3) is 0.250. The molecule has 25 heavy (non-hydrogen) atoms. The standard InChI is InChI=1S/C20H20O5/c1-24-17-12-10-16(11-13-17)18(21)8-5-9-19(22)20(23)25-14-15-6-3-2-4-7-15/h2-4,6-7,10-13H,5,8-9,14H2,1H3. The van der Waals surface area contributed by atoms with E-state index in [1.165, 1.54) is 0 Å². The molecule has 0 aliphatic heterocycles. The lowest BCUT2D eigenvalue weighted by atomic mass is 10.0. The van der Waals surface area contributed by atoms with E-state index in [0.717, 1.165) is 5.56 Å². The van der Waals surface area contributed by atoms with E-state index in [1.54, 1.807) is 31.4 Å². The van der Waals surface area contributed by atoms with E-state index in [0.29, 0.717) is 17.7 Å². The molecule has 0 aliphatic rings. The molecule has 2 rings (SSSR count). The molecule has 2 aromatic carbocycles. The molecule has 5 nitrogen and oxygen atoms in total. The van der Waals surface area contributed by atoms with Crippen molar-refractivity contribution in [1.82, 2.24) is 0 Å². The number of carbonyl (C=O) groups is 3. The van der Waals surface area contributed by atoms with Crippen molar-refractivity contribution in [2.75, 3.05) is 7.11 Å². The molecular formula is C20H20O5. The second-order valence-electron chi connectivity index (χ2n) is 5.49. The monoisotopic (exact) mass is 340 g/mol. The zero-order chi connectivity index (χ0) is 18.1. The van der Waals surface area contributed by atoms with E-state index in [1.807, 2.05) is 30.3 Å². The molecule has 5 heteroatoms. The topological polar surface area (TPSA) is 69.7 Å². The second-order valence-corrected chi connectivity index (χ2v) is 5.49. The number of hydrogen-bond acceptors (Lipinski definition) is 5. The third-order valence-corrected chi connectivity index (χ3v) is 3.66. The van der Waals surface area contributed by atoms with Gasteiger partial charge in [0.2, 0.25) is 5.78 Å². The minimum Gasteiger partial charge on any atom is -0.497 e. The number of ketones is 2. The molecule has 0 N–H and O–H groups in total. The highest BCUT2D eigenvalue weighted by atomic mass is 16.5. The lowest BCUT2D eigenvalue weighted by Crippen LogP contribution is -2.17. The highest BCUT2D eigenvalue weighted by molar-refractivity contribution is 6.33. The second kappa shape index (κ2) is 9.37. The van der Waals surface area contributed by atoms with Crippen LogP contribution < -0.4 is 4.74 Å². The number of rotatable bonds is 9. The lowest BCUT2D eigenvalue weighted by molar-refractivity contribution is -0.154. The van der Waals surface area contributed by atoms with E-state index < -0.39 is 11.8 Å². The number of Topliss-reactive ketones (excluding diaryl/α,β-unsaturated/α-hetero) is 2. The van der Waals surface area contributed by atoms with Gasteiger partial charge in [-0.05, 0) is 36.2 Å². The van der Waals surface area contributed by atoms with E-state index in [2.05, 4.69) is 0 Å². The maximum Gasteiger partial charge on any atom is 0.374 e. The number of carbonyl (C=O) groups excluding carboxylic acids is 3. The molecule has 0 aromatic heterocycles. The summed E-state index contributed by atoms with van der Waals surface area (Å²) in [5.74, 6) is -0.875. The molecule has 0 spiro atoms. The highest BCUT2D eigenvalue weighted by Gasteiger charge is 2.16. The van der Waals surface area contributed by atoms with E-state index in [-0.39, 0.29) is 25.2 Å². The summed E-state index contributed by atoms with van der Waals surface area (Å²) >= 11 is 0. The van der Waals surface area contributed by atoms with E-state index in [4.69, 9.17) is 9.47 Å². The molecule has 2 aromatic rings. The summed E-state index contributed by atoms with van der Waals surface area (Å²) in [6, 6.07) is 15.9. The van der Waals surface area contributed by atoms with Crippen molar-refractivity contribution < 1.29 is 23.9 Å². The van der Waals surface area contributed by atoms with Gasteiger partial charge in [0.1, 0.15) is 12.4 Å². The Morgan fingerprint density at radius 3 is 2.20 bits per heavy atom. The van der Waals surface area contributed by atoms with Gasteiger partial charge >= 0.3 is 5.97 Å². The SMILES string of the molecule is COc1ccc(C(=O)CCCC(=O)C(=O)OCc2ccccc2)cc1. The summed E-state index contributed by atoms with van der Waals surface area (Å²) < 4.78 is 10.0. The average molecular weight is 340 g/mol. The van der Waals surface area contributed by atoms with Crippen LogP contribution in [-0.2, 0) is 20.9 Å². The predicted octanol–water partition coefficient (Wildman–Crippen LogP) is 3.36. The van der Waals surface area contributed by atoms with Gasteiger partial charge in [-0.1, -0.05) is 30.3 Å². The van der Waals surface area contributed by atoms with Crippen molar-refractivity contribution in [3.63, 3.8) is 0 Å². The fourth-order valence-electron chi connectivity index (χ4n) is 2.24. The smallest absolute Gasteiger partial charge is 0.374 e. The van der Waals surface area contributed by atoms with Crippen LogP contribution in [0.4, 0.5) is 0 Å². The van der Waals surface area contributed by atoms with Crippen molar-refractivity contribution in [2.45, 2.75) is 25.9 Å². The molecule has 0 saturated heterocycles. The van der Waals surface area contributed by atoms with Gasteiger partial charge in [-0.25, -0.2) is 4.79 Å². The molecule has 0 bridgehead atoms. The van der Waals surface area contributed by atoms with Crippen LogP contribution in [0.3, 0.4) is 0 Å². The van der Waals surface area contributed by atoms with Crippen molar-refractivity contribution in [3.05, 3.63) is 65.7 Å². The fourth-order valence-corrected chi connectivity index (χ4v) is 2.24. The van der Waals surface area contributed by atoms with Crippen LogP contribution in [0, 0.1) is 0 Å². The van der Waals surface area contributed by atoms with E-state index >= 15 is 0 Å². The first kappa shape index (κ1) is 18.4. The minimum atomic E-state index is -0.860. The van der Waals surface area contributed by atoms with Gasteiger partial charge < -0.3 is 9.47 Å². The summed E-state index contributed by atoms with van der Waals surface area (Å²) in [5.41, 5.74) is 1.37. The zero-order valence-electron chi connectivity index (χ0n) is 14.1. The largest absolute Gasteiger partial charge is 0.497 e. The molecule has 0 radical (unpaired) electrons. The summed E-state index contributed by atoms with van der Waals surface area (Å²) in [4.78, 5) is 35.5. The van der Waals surface area contributed by atoms with Crippen molar-refractivity contribution in [1.29, 1.82) is 0 Å². The summed E-state index contributed by atoms with van der Waals surface area (Å²) in [5, 5.41) is 0. The first-order valence-electron chi connectivity index (χ1n) is 8.01. The van der Waals surface area contributed by atoms with Crippen LogP contribution in [0.25, 0.3) is 0 Å². The molecule has 0 unspecified atom stereocenters. The Kier molecular flexibility index (Phi) is 6.89. The van der Waals surface area contributed by atoms with Crippen molar-refractivity contribution in [3.8, 4) is 5.75 Å². The summed E-state index contributed by atoms with van der Waals surface area (Å²) in [6.07, 6.45) is 0.504. The lowest BCUT2D eigenvalue weighted by Gasteiger charge is -2.05. The van der Waals surface area contributed by atoms with E-state index in [9.17, 15) is 14.4 Å². The van der Waals surface area contributed by atoms with Crippen molar-refractivity contribution >= 4 is 17.5 Å². The first-order chi connectivity index (χ1) is 12.1. The number of methoxy groups -OCH3 is 1. The molecule has 0 fully saturated rings. The van der Waals surface area contributed by atoms with Gasteiger partial charge in [0.05, 0.1) is 7.11 Å². The molecule has 0 atom stereocenters. The van der Waals surface area contributed by atoms with Gasteiger partial charge in [-0.2, -0.15) is 0 Å². The third-order valence-electron chi connectivity index (χ3n) is 3.66. The van der Waals surface area contributed by atoms with Gasteiger partial charge in [-0.15, -0.1) is 0 Å². The molecule has 0 heterocycles. The quantitative estimate of drug-likeness (QED) is 0.398. The Labute approximate surface area is 146 Å². The number of benzene rings is 2. The van der Waals surface area contributed by atoms with Gasteiger partial charge in [-0.3, -0.25) is 9.59 Å². The molecule has 0 amide bonds. The summed E-state index contributed by atoms with van der Waals surface area (Å²) in [7, 11) is 1.55. The van der Waals surface area contributed by atoms with Crippen LogP contribution in [0.1, 0.15) is 35.2 Å². The van der Waals surface area contributed by atoms with Gasteiger partial charge in [0.15, 0.2) is 5.78 Å². The zero-order valence-corrected chi connectivity index (χ0v) is 14.1. The number of ether oxygens (including phenoxy) is 2. The van der Waals surface area contributed by atoms with Crippen LogP contribution in [0.5, 0.6) is 5.75 Å². The molecular weight excluding hydrogens is 320 g/mol.